The second-order valence-corrected chi connectivity index (χ2v) is 6.13. The van der Waals surface area contributed by atoms with Gasteiger partial charge in [0.1, 0.15) is 0 Å². The van der Waals surface area contributed by atoms with E-state index < -0.39 is 4.92 Å². The van der Waals surface area contributed by atoms with Crippen LogP contribution in [0.2, 0.25) is 0 Å². The van der Waals surface area contributed by atoms with Gasteiger partial charge in [0.25, 0.3) is 5.69 Å². The summed E-state index contributed by atoms with van der Waals surface area (Å²) in [4.78, 5) is 23.0. The van der Waals surface area contributed by atoms with Gasteiger partial charge in [0.2, 0.25) is 5.91 Å². The molecule has 0 saturated carbocycles. The lowest BCUT2D eigenvalue weighted by molar-refractivity contribution is -0.384. The van der Waals surface area contributed by atoms with E-state index in [0.29, 0.717) is 6.54 Å². The van der Waals surface area contributed by atoms with Gasteiger partial charge in [-0.25, -0.2) is 0 Å². The maximum atomic E-state index is 12.1. The molecule has 0 saturated heterocycles. The molecule has 2 aromatic carbocycles. The number of carbonyl (C=O) groups excluding carboxylic acids is 1. The summed E-state index contributed by atoms with van der Waals surface area (Å²) in [6.45, 7) is 2.30. The summed E-state index contributed by atoms with van der Waals surface area (Å²) in [5.41, 5.74) is 1.09. The van der Waals surface area contributed by atoms with Crippen LogP contribution in [0.15, 0.2) is 59.5 Å². The Morgan fingerprint density at radius 3 is 2.41 bits per heavy atom. The first-order valence-electron chi connectivity index (χ1n) is 6.79. The number of nitrogens with one attached hydrogen (secondary N) is 1. The van der Waals surface area contributed by atoms with Gasteiger partial charge in [-0.05, 0) is 24.6 Å². The van der Waals surface area contributed by atoms with Crippen LogP contribution in [0.3, 0.4) is 0 Å². The summed E-state index contributed by atoms with van der Waals surface area (Å²) in [6.07, 6.45) is 0. The van der Waals surface area contributed by atoms with Crippen LogP contribution < -0.4 is 5.32 Å². The average Bonchev–Trinajstić information content (AvgIpc) is 2.54. The third kappa shape index (κ3) is 4.60. The summed E-state index contributed by atoms with van der Waals surface area (Å²) in [5, 5.41) is 13.2. The van der Waals surface area contributed by atoms with E-state index in [1.165, 1.54) is 23.9 Å². The van der Waals surface area contributed by atoms with Gasteiger partial charge >= 0.3 is 0 Å². The minimum absolute atomic E-state index is 0.0468. The fraction of sp³-hybridized carbons (Fsp3) is 0.188. The van der Waals surface area contributed by atoms with E-state index in [4.69, 9.17) is 0 Å². The third-order valence-electron chi connectivity index (χ3n) is 3.04. The molecule has 114 valence electrons. The van der Waals surface area contributed by atoms with Gasteiger partial charge in [0.05, 0.1) is 10.2 Å². The Labute approximate surface area is 132 Å². The fourth-order valence-electron chi connectivity index (χ4n) is 1.83. The first kappa shape index (κ1) is 16.0. The molecular weight excluding hydrogens is 300 g/mol. The molecule has 0 heterocycles. The van der Waals surface area contributed by atoms with E-state index in [1.54, 1.807) is 12.1 Å². The predicted molar refractivity (Wildman–Crippen MR) is 86.7 cm³/mol. The Bertz CT molecular complexity index is 644. The summed E-state index contributed by atoms with van der Waals surface area (Å²) >= 11 is 1.37. The molecule has 2 aromatic rings. The maximum absolute atomic E-state index is 12.1. The molecular formula is C16H16N2O3S. The first-order valence-corrected chi connectivity index (χ1v) is 7.67. The molecule has 6 heteroatoms. The smallest absolute Gasteiger partial charge is 0.269 e. The van der Waals surface area contributed by atoms with Crippen LogP contribution in [0.5, 0.6) is 0 Å². The second-order valence-electron chi connectivity index (χ2n) is 4.71. The summed E-state index contributed by atoms with van der Waals surface area (Å²) in [6, 6.07) is 15.9. The molecule has 2 rings (SSSR count). The number of non-ortho nitro benzene ring substituents is 1. The molecule has 1 N–H and O–H groups in total. The lowest BCUT2D eigenvalue weighted by Crippen LogP contribution is -2.30. The Kier molecular flexibility index (Phi) is 5.55. The highest BCUT2D eigenvalue weighted by atomic mass is 32.2. The highest BCUT2D eigenvalue weighted by Crippen LogP contribution is 2.25. The second kappa shape index (κ2) is 7.61. The van der Waals surface area contributed by atoms with E-state index in [-0.39, 0.29) is 16.8 Å². The molecule has 0 fully saturated rings. The maximum Gasteiger partial charge on any atom is 0.269 e. The molecule has 1 unspecified atom stereocenters. The van der Waals surface area contributed by atoms with Crippen LogP contribution >= 0.6 is 11.8 Å². The van der Waals surface area contributed by atoms with E-state index in [0.717, 1.165) is 10.5 Å². The molecule has 0 aromatic heterocycles. The topological polar surface area (TPSA) is 72.2 Å². The van der Waals surface area contributed by atoms with Crippen LogP contribution in [-0.2, 0) is 11.3 Å². The SMILES string of the molecule is CC(Sc1ccc([N+](=O)[O-])cc1)C(=O)NCc1ccccc1. The molecule has 0 spiro atoms. The third-order valence-corrected chi connectivity index (χ3v) is 4.15. The molecule has 1 amide bonds. The van der Waals surface area contributed by atoms with Gasteiger partial charge in [0.15, 0.2) is 0 Å². The highest BCUT2D eigenvalue weighted by Gasteiger charge is 2.14. The van der Waals surface area contributed by atoms with Crippen molar-refractivity contribution in [1.82, 2.24) is 5.32 Å². The zero-order valence-corrected chi connectivity index (χ0v) is 12.9. The number of rotatable bonds is 6. The van der Waals surface area contributed by atoms with Crippen molar-refractivity contribution in [1.29, 1.82) is 0 Å². The predicted octanol–water partition coefficient (Wildman–Crippen LogP) is 3.39. The highest BCUT2D eigenvalue weighted by molar-refractivity contribution is 8.00. The van der Waals surface area contributed by atoms with Gasteiger partial charge in [-0.1, -0.05) is 30.3 Å². The van der Waals surface area contributed by atoms with Crippen molar-refractivity contribution in [2.24, 2.45) is 0 Å². The summed E-state index contributed by atoms with van der Waals surface area (Å²) in [7, 11) is 0. The molecule has 1 atom stereocenters. The van der Waals surface area contributed by atoms with Crippen molar-refractivity contribution in [3.63, 3.8) is 0 Å². The Morgan fingerprint density at radius 2 is 1.82 bits per heavy atom. The lowest BCUT2D eigenvalue weighted by Gasteiger charge is -2.12. The number of amides is 1. The molecule has 0 radical (unpaired) electrons. The van der Waals surface area contributed by atoms with Crippen molar-refractivity contribution < 1.29 is 9.72 Å². The van der Waals surface area contributed by atoms with Gasteiger partial charge < -0.3 is 5.32 Å². The number of thioether (sulfide) groups is 1. The summed E-state index contributed by atoms with van der Waals surface area (Å²) < 4.78 is 0. The largest absolute Gasteiger partial charge is 0.351 e. The van der Waals surface area contributed by atoms with Crippen molar-refractivity contribution in [3.8, 4) is 0 Å². The number of nitro groups is 1. The van der Waals surface area contributed by atoms with E-state index in [9.17, 15) is 14.9 Å². The van der Waals surface area contributed by atoms with Gasteiger partial charge in [-0.15, -0.1) is 11.8 Å². The zero-order valence-electron chi connectivity index (χ0n) is 12.1. The van der Waals surface area contributed by atoms with E-state index in [1.807, 2.05) is 37.3 Å². The van der Waals surface area contributed by atoms with E-state index >= 15 is 0 Å². The van der Waals surface area contributed by atoms with Crippen molar-refractivity contribution in [2.75, 3.05) is 0 Å². The van der Waals surface area contributed by atoms with Crippen LogP contribution in [0.1, 0.15) is 12.5 Å². The van der Waals surface area contributed by atoms with E-state index in [2.05, 4.69) is 5.32 Å². The molecule has 22 heavy (non-hydrogen) atoms. The number of nitro benzene ring substituents is 1. The Balaban J connectivity index is 1.86. The average molecular weight is 316 g/mol. The molecule has 0 bridgehead atoms. The van der Waals surface area contributed by atoms with Crippen molar-refractivity contribution in [2.45, 2.75) is 23.6 Å². The minimum Gasteiger partial charge on any atom is -0.351 e. The minimum atomic E-state index is -0.440. The Hall–Kier alpha value is -2.34. The van der Waals surface area contributed by atoms with Gasteiger partial charge in [-0.2, -0.15) is 0 Å². The molecule has 0 aliphatic heterocycles. The van der Waals surface area contributed by atoms with Gasteiger partial charge in [0, 0.05) is 23.6 Å². The van der Waals surface area contributed by atoms with Crippen molar-refractivity contribution >= 4 is 23.4 Å². The number of carbonyl (C=O) groups is 1. The van der Waals surface area contributed by atoms with Crippen LogP contribution in [0, 0.1) is 10.1 Å². The fourth-order valence-corrected chi connectivity index (χ4v) is 2.72. The number of hydrogen-bond donors (Lipinski definition) is 1. The normalized spacial score (nSPS) is 11.7. The molecule has 0 aliphatic rings. The number of nitrogens with zero attached hydrogens (tertiary/aromatic N) is 1. The van der Waals surface area contributed by atoms with Crippen molar-refractivity contribution in [3.05, 3.63) is 70.3 Å². The summed E-state index contributed by atoms with van der Waals surface area (Å²) in [5.74, 6) is -0.0628. The van der Waals surface area contributed by atoms with Crippen LogP contribution in [0.25, 0.3) is 0 Å². The monoisotopic (exact) mass is 316 g/mol. The standard InChI is InChI=1S/C16H16N2O3S/c1-12(16(19)17-11-13-5-3-2-4-6-13)22-15-9-7-14(8-10-15)18(20)21/h2-10,12H,11H2,1H3,(H,17,19). The van der Waals surface area contributed by atoms with Crippen LogP contribution in [0.4, 0.5) is 5.69 Å². The Morgan fingerprint density at radius 1 is 1.18 bits per heavy atom. The molecule has 5 nitrogen and oxygen atoms in total. The lowest BCUT2D eigenvalue weighted by atomic mass is 10.2. The molecule has 0 aliphatic carbocycles. The van der Waals surface area contributed by atoms with Crippen LogP contribution in [-0.4, -0.2) is 16.1 Å². The first-order chi connectivity index (χ1) is 10.6. The number of benzene rings is 2. The zero-order chi connectivity index (χ0) is 15.9. The van der Waals surface area contributed by atoms with Gasteiger partial charge in [-0.3, -0.25) is 14.9 Å². The quantitative estimate of drug-likeness (QED) is 0.504. The number of hydrogen-bond acceptors (Lipinski definition) is 4.